The van der Waals surface area contributed by atoms with Crippen LogP contribution in [-0.4, -0.2) is 50.4 Å². The van der Waals surface area contributed by atoms with Crippen molar-refractivity contribution in [1.82, 2.24) is 10.2 Å². The third-order valence-electron chi connectivity index (χ3n) is 7.69. The number of ether oxygens (including phenoxy) is 1. The lowest BCUT2D eigenvalue weighted by atomic mass is 10.0. The number of carbonyl (C=O) groups excluding carboxylic acids is 2. The van der Waals surface area contributed by atoms with Crippen LogP contribution < -0.4 is 14.4 Å². The Balaban J connectivity index is 1.81. The zero-order chi connectivity index (χ0) is 34.0. The first kappa shape index (κ1) is 35.6. The van der Waals surface area contributed by atoms with Gasteiger partial charge in [0.15, 0.2) is 0 Å². The van der Waals surface area contributed by atoms with E-state index in [0.29, 0.717) is 23.2 Å². The van der Waals surface area contributed by atoms with Crippen LogP contribution >= 0.6 is 15.9 Å². The summed E-state index contributed by atoms with van der Waals surface area (Å²) in [6.45, 7) is 5.14. The van der Waals surface area contributed by atoms with Gasteiger partial charge in [0.1, 0.15) is 24.2 Å². The summed E-state index contributed by atoms with van der Waals surface area (Å²) in [6.07, 6.45) is 0.786. The topological polar surface area (TPSA) is 96.0 Å². The Morgan fingerprint density at radius 1 is 0.894 bits per heavy atom. The molecule has 0 saturated carbocycles. The highest BCUT2D eigenvalue weighted by molar-refractivity contribution is 9.10. The van der Waals surface area contributed by atoms with Crippen molar-refractivity contribution in [3.05, 3.63) is 125 Å². The zero-order valence-corrected chi connectivity index (χ0v) is 29.0. The molecule has 0 saturated heterocycles. The molecule has 0 aliphatic carbocycles. The number of hydrogen-bond acceptors (Lipinski definition) is 5. The highest BCUT2D eigenvalue weighted by Gasteiger charge is 2.35. The van der Waals surface area contributed by atoms with Crippen LogP contribution in [0.5, 0.6) is 5.75 Å². The standard InChI is InChI=1S/C36H39BrFN3O5S/c1-4-26(3)39-36(43)34(23-27-11-7-6-8-12-27)40(24-28-13-9-10-14-33(28)38)35(42)25-41(30-17-19-31(20-18-30)46-5-2)47(44,45)32-21-15-29(37)16-22-32/h6-22,26,34H,4-5,23-25H2,1-3H3,(H,39,43). The normalized spacial score (nSPS) is 12.5. The van der Waals surface area contributed by atoms with Gasteiger partial charge in [0.2, 0.25) is 11.8 Å². The van der Waals surface area contributed by atoms with Crippen molar-refractivity contribution in [3.8, 4) is 5.75 Å². The van der Waals surface area contributed by atoms with Crippen molar-refractivity contribution in [2.45, 2.75) is 57.1 Å². The summed E-state index contributed by atoms with van der Waals surface area (Å²) < 4.78 is 50.7. The number of anilines is 1. The third-order valence-corrected chi connectivity index (χ3v) is 10.0. The number of sulfonamides is 1. The quantitative estimate of drug-likeness (QED) is 0.147. The minimum Gasteiger partial charge on any atom is -0.494 e. The van der Waals surface area contributed by atoms with Crippen LogP contribution in [0.15, 0.2) is 112 Å². The lowest BCUT2D eigenvalue weighted by molar-refractivity contribution is -0.140. The van der Waals surface area contributed by atoms with E-state index in [4.69, 9.17) is 4.74 Å². The maximum absolute atomic E-state index is 15.1. The van der Waals surface area contributed by atoms with E-state index in [1.165, 1.54) is 23.1 Å². The van der Waals surface area contributed by atoms with Gasteiger partial charge in [-0.3, -0.25) is 13.9 Å². The molecule has 0 spiro atoms. The largest absolute Gasteiger partial charge is 0.494 e. The van der Waals surface area contributed by atoms with Crippen LogP contribution in [0.4, 0.5) is 10.1 Å². The fourth-order valence-electron chi connectivity index (χ4n) is 4.94. The van der Waals surface area contributed by atoms with E-state index < -0.39 is 40.2 Å². The molecule has 0 bridgehead atoms. The molecule has 4 aromatic carbocycles. The molecular formula is C36H39BrFN3O5S. The van der Waals surface area contributed by atoms with Crippen molar-refractivity contribution in [2.24, 2.45) is 0 Å². The van der Waals surface area contributed by atoms with Crippen molar-refractivity contribution in [3.63, 3.8) is 0 Å². The molecule has 0 aliphatic rings. The molecule has 0 radical (unpaired) electrons. The predicted octanol–water partition coefficient (Wildman–Crippen LogP) is 6.74. The molecule has 2 atom stereocenters. The molecular weight excluding hydrogens is 685 g/mol. The van der Waals surface area contributed by atoms with Crippen molar-refractivity contribution in [2.75, 3.05) is 17.5 Å². The predicted molar refractivity (Wildman–Crippen MR) is 185 cm³/mol. The summed E-state index contributed by atoms with van der Waals surface area (Å²) in [5.41, 5.74) is 1.20. The zero-order valence-electron chi connectivity index (χ0n) is 26.6. The molecule has 2 amide bonds. The van der Waals surface area contributed by atoms with Gasteiger partial charge in [0.25, 0.3) is 10.0 Å². The number of halogens is 2. The Morgan fingerprint density at radius 3 is 2.15 bits per heavy atom. The first-order chi connectivity index (χ1) is 22.5. The Hall–Kier alpha value is -4.22. The lowest BCUT2D eigenvalue weighted by Crippen LogP contribution is -2.54. The highest BCUT2D eigenvalue weighted by atomic mass is 79.9. The van der Waals surface area contributed by atoms with Crippen LogP contribution in [0.2, 0.25) is 0 Å². The number of hydrogen-bond donors (Lipinski definition) is 1. The van der Waals surface area contributed by atoms with Crippen LogP contribution in [0, 0.1) is 5.82 Å². The molecule has 11 heteroatoms. The molecule has 4 aromatic rings. The molecule has 8 nitrogen and oxygen atoms in total. The Bertz CT molecular complexity index is 1740. The number of carbonyl (C=O) groups is 2. The van der Waals surface area contributed by atoms with E-state index in [-0.39, 0.29) is 35.2 Å². The second kappa shape index (κ2) is 16.6. The van der Waals surface area contributed by atoms with Crippen LogP contribution in [0.1, 0.15) is 38.3 Å². The molecule has 2 unspecified atom stereocenters. The number of amides is 2. The summed E-state index contributed by atoms with van der Waals surface area (Å²) in [7, 11) is -4.28. The lowest BCUT2D eigenvalue weighted by Gasteiger charge is -2.34. The van der Waals surface area contributed by atoms with E-state index in [2.05, 4.69) is 21.2 Å². The van der Waals surface area contributed by atoms with E-state index in [1.807, 2.05) is 51.1 Å². The molecule has 4 rings (SSSR count). The van der Waals surface area contributed by atoms with Gasteiger partial charge in [0.05, 0.1) is 17.2 Å². The summed E-state index contributed by atoms with van der Waals surface area (Å²) in [5.74, 6) is -1.11. The van der Waals surface area contributed by atoms with E-state index in [0.717, 1.165) is 9.87 Å². The molecule has 0 fully saturated rings. The van der Waals surface area contributed by atoms with Crippen LogP contribution in [0.3, 0.4) is 0 Å². The fourth-order valence-corrected chi connectivity index (χ4v) is 6.62. The maximum Gasteiger partial charge on any atom is 0.264 e. The molecule has 47 heavy (non-hydrogen) atoms. The highest BCUT2D eigenvalue weighted by Crippen LogP contribution is 2.28. The summed E-state index contributed by atoms with van der Waals surface area (Å²) >= 11 is 3.34. The second-order valence-corrected chi connectivity index (χ2v) is 13.8. The van der Waals surface area contributed by atoms with Gasteiger partial charge < -0.3 is 15.0 Å². The average Bonchev–Trinajstić information content (AvgIpc) is 3.07. The first-order valence-electron chi connectivity index (χ1n) is 15.4. The molecule has 0 aromatic heterocycles. The Kier molecular flexibility index (Phi) is 12.6. The van der Waals surface area contributed by atoms with Gasteiger partial charge in [-0.1, -0.05) is 71.4 Å². The number of benzene rings is 4. The SMILES string of the molecule is CCOc1ccc(N(CC(=O)N(Cc2ccccc2F)C(Cc2ccccc2)C(=O)NC(C)CC)S(=O)(=O)c2ccc(Br)cc2)cc1. The smallest absolute Gasteiger partial charge is 0.264 e. The van der Waals surface area contributed by atoms with E-state index >= 15 is 4.39 Å². The first-order valence-corrected chi connectivity index (χ1v) is 17.6. The van der Waals surface area contributed by atoms with Crippen molar-refractivity contribution < 1.29 is 27.1 Å². The number of nitrogens with zero attached hydrogens (tertiary/aromatic N) is 2. The van der Waals surface area contributed by atoms with Gasteiger partial charge in [-0.15, -0.1) is 0 Å². The third kappa shape index (κ3) is 9.42. The van der Waals surface area contributed by atoms with Crippen molar-refractivity contribution in [1.29, 1.82) is 0 Å². The monoisotopic (exact) mass is 723 g/mol. The average molecular weight is 725 g/mol. The van der Waals surface area contributed by atoms with Gasteiger partial charge in [-0.05, 0) is 80.4 Å². The minimum atomic E-state index is -4.28. The number of nitrogens with one attached hydrogen (secondary N) is 1. The van der Waals surface area contributed by atoms with E-state index in [1.54, 1.807) is 54.6 Å². The fraction of sp³-hybridized carbons (Fsp3) is 0.278. The van der Waals surface area contributed by atoms with Crippen molar-refractivity contribution >= 4 is 43.5 Å². The molecule has 1 N–H and O–H groups in total. The molecule has 0 heterocycles. The van der Waals surface area contributed by atoms with E-state index in [9.17, 15) is 18.0 Å². The Labute approximate surface area is 284 Å². The second-order valence-electron chi connectivity index (χ2n) is 11.0. The minimum absolute atomic E-state index is 0.0293. The van der Waals surface area contributed by atoms with Crippen LogP contribution in [0.25, 0.3) is 0 Å². The van der Waals surface area contributed by atoms with Crippen LogP contribution in [-0.2, 0) is 32.6 Å². The molecule has 248 valence electrons. The molecule has 0 aliphatic heterocycles. The van der Waals surface area contributed by atoms with Gasteiger partial charge in [0, 0.05) is 29.0 Å². The number of rotatable bonds is 15. The van der Waals surface area contributed by atoms with Gasteiger partial charge in [-0.2, -0.15) is 0 Å². The summed E-state index contributed by atoms with van der Waals surface area (Å²) in [4.78, 5) is 29.7. The summed E-state index contributed by atoms with van der Waals surface area (Å²) in [5, 5.41) is 2.97. The maximum atomic E-state index is 15.1. The Morgan fingerprint density at radius 2 is 1.53 bits per heavy atom. The van der Waals surface area contributed by atoms with Gasteiger partial charge in [-0.25, -0.2) is 12.8 Å². The van der Waals surface area contributed by atoms with Gasteiger partial charge >= 0.3 is 0 Å². The summed E-state index contributed by atoms with van der Waals surface area (Å²) in [6, 6.07) is 26.4.